The number of nitrogens with one attached hydrogen (secondary N) is 1. The van der Waals surface area contributed by atoms with Gasteiger partial charge in [0.2, 0.25) is 5.91 Å². The van der Waals surface area contributed by atoms with E-state index in [1.165, 1.54) is 6.08 Å². The van der Waals surface area contributed by atoms with Gasteiger partial charge in [0.05, 0.1) is 22.9 Å². The molecule has 6 heteroatoms. The van der Waals surface area contributed by atoms with Crippen LogP contribution in [0.3, 0.4) is 0 Å². The summed E-state index contributed by atoms with van der Waals surface area (Å²) in [6.07, 6.45) is 7.32. The fraction of sp³-hybridized carbons (Fsp3) is 0.263. The number of hydrogen-bond acceptors (Lipinski definition) is 4. The molecule has 0 spiro atoms. The van der Waals surface area contributed by atoms with E-state index in [4.69, 9.17) is 4.98 Å². The molecule has 0 unspecified atom stereocenters. The van der Waals surface area contributed by atoms with Crippen LogP contribution in [0.4, 0.5) is 5.69 Å². The molecule has 3 rings (SSSR count). The molecule has 2 heterocycles. The Bertz CT molecular complexity index is 936. The van der Waals surface area contributed by atoms with Crippen molar-refractivity contribution in [1.29, 1.82) is 0 Å². The highest BCUT2D eigenvalue weighted by Gasteiger charge is 2.14. The number of aromatic nitrogens is 4. The lowest BCUT2D eigenvalue weighted by Crippen LogP contribution is -2.12. The molecule has 1 amide bonds. The van der Waals surface area contributed by atoms with Gasteiger partial charge in [-0.05, 0) is 36.1 Å². The molecule has 25 heavy (non-hydrogen) atoms. The first-order valence-electron chi connectivity index (χ1n) is 8.07. The summed E-state index contributed by atoms with van der Waals surface area (Å²) in [5.41, 5.74) is 3.43. The molecule has 0 bridgehead atoms. The number of carbonyl (C=O) groups is 1. The van der Waals surface area contributed by atoms with Gasteiger partial charge >= 0.3 is 0 Å². The Balaban J connectivity index is 1.95. The van der Waals surface area contributed by atoms with Gasteiger partial charge in [0.15, 0.2) is 5.82 Å². The normalized spacial score (nSPS) is 11.5. The van der Waals surface area contributed by atoms with Crippen LogP contribution in [0.2, 0.25) is 0 Å². The van der Waals surface area contributed by atoms with Crippen molar-refractivity contribution in [1.82, 2.24) is 19.5 Å². The SMILES string of the molecule is C=CC(=O)Nc1ccc2c(c1)ncn2-c1cncc(CC(C)(C)C)n1. The molecule has 128 valence electrons. The third kappa shape index (κ3) is 3.91. The van der Waals surface area contributed by atoms with Crippen LogP contribution in [-0.4, -0.2) is 25.4 Å². The van der Waals surface area contributed by atoms with Gasteiger partial charge in [-0.1, -0.05) is 27.4 Å². The van der Waals surface area contributed by atoms with Crippen molar-refractivity contribution >= 4 is 22.6 Å². The Morgan fingerprint density at radius 1 is 1.32 bits per heavy atom. The minimum absolute atomic E-state index is 0.141. The first kappa shape index (κ1) is 16.8. The fourth-order valence-electron chi connectivity index (χ4n) is 2.61. The number of hydrogen-bond donors (Lipinski definition) is 1. The van der Waals surface area contributed by atoms with Crippen LogP contribution >= 0.6 is 0 Å². The quantitative estimate of drug-likeness (QED) is 0.740. The number of anilines is 1. The first-order valence-corrected chi connectivity index (χ1v) is 8.07. The summed E-state index contributed by atoms with van der Waals surface area (Å²) in [7, 11) is 0. The molecule has 0 fully saturated rings. The first-order chi connectivity index (χ1) is 11.9. The number of benzene rings is 1. The van der Waals surface area contributed by atoms with Gasteiger partial charge in [-0.2, -0.15) is 0 Å². The zero-order valence-corrected chi connectivity index (χ0v) is 14.7. The molecule has 0 aliphatic rings. The molecular formula is C19H21N5O. The van der Waals surface area contributed by atoms with Crippen molar-refractivity contribution in [3.8, 4) is 5.82 Å². The van der Waals surface area contributed by atoms with Crippen molar-refractivity contribution in [2.24, 2.45) is 5.41 Å². The maximum atomic E-state index is 11.4. The zero-order chi connectivity index (χ0) is 18.0. The summed E-state index contributed by atoms with van der Waals surface area (Å²) in [5.74, 6) is 0.478. The van der Waals surface area contributed by atoms with Gasteiger partial charge in [-0.15, -0.1) is 0 Å². The lowest BCUT2D eigenvalue weighted by Gasteiger charge is -2.17. The molecule has 0 saturated carbocycles. The second-order valence-corrected chi connectivity index (χ2v) is 7.12. The summed E-state index contributed by atoms with van der Waals surface area (Å²) < 4.78 is 1.90. The van der Waals surface area contributed by atoms with E-state index in [1.807, 2.05) is 22.8 Å². The Labute approximate surface area is 146 Å². The second-order valence-electron chi connectivity index (χ2n) is 7.12. The van der Waals surface area contributed by atoms with Gasteiger partial charge in [-0.25, -0.2) is 9.97 Å². The van der Waals surface area contributed by atoms with Crippen LogP contribution < -0.4 is 5.32 Å². The Hall–Kier alpha value is -3.02. The summed E-state index contributed by atoms with van der Waals surface area (Å²) >= 11 is 0. The molecular weight excluding hydrogens is 314 g/mol. The molecule has 0 radical (unpaired) electrons. The lowest BCUT2D eigenvalue weighted by atomic mass is 9.91. The molecule has 2 aromatic heterocycles. The van der Waals surface area contributed by atoms with Crippen LogP contribution in [0.5, 0.6) is 0 Å². The molecule has 0 saturated heterocycles. The van der Waals surface area contributed by atoms with Crippen LogP contribution in [0.1, 0.15) is 26.5 Å². The molecule has 0 aliphatic carbocycles. The zero-order valence-electron chi connectivity index (χ0n) is 14.7. The van der Waals surface area contributed by atoms with E-state index < -0.39 is 0 Å². The molecule has 0 atom stereocenters. The van der Waals surface area contributed by atoms with Crippen LogP contribution in [0.25, 0.3) is 16.9 Å². The summed E-state index contributed by atoms with van der Waals surface area (Å²) in [6.45, 7) is 9.97. The van der Waals surface area contributed by atoms with Crippen LogP contribution in [0, 0.1) is 5.41 Å². The lowest BCUT2D eigenvalue weighted by molar-refractivity contribution is -0.111. The van der Waals surface area contributed by atoms with Gasteiger partial charge in [0.1, 0.15) is 6.33 Å². The highest BCUT2D eigenvalue weighted by Crippen LogP contribution is 2.22. The summed E-state index contributed by atoms with van der Waals surface area (Å²) in [4.78, 5) is 24.9. The van der Waals surface area contributed by atoms with Crippen molar-refractivity contribution in [2.45, 2.75) is 27.2 Å². The van der Waals surface area contributed by atoms with Crippen molar-refractivity contribution in [3.63, 3.8) is 0 Å². The number of imidazole rings is 1. The van der Waals surface area contributed by atoms with Gasteiger partial charge in [-0.3, -0.25) is 14.3 Å². The third-order valence-electron chi connectivity index (χ3n) is 3.63. The number of nitrogens with zero attached hydrogens (tertiary/aromatic N) is 4. The highest BCUT2D eigenvalue weighted by molar-refractivity contribution is 6.00. The van der Waals surface area contributed by atoms with Crippen molar-refractivity contribution in [3.05, 3.63) is 55.3 Å². The average Bonchev–Trinajstić information content (AvgIpc) is 2.96. The summed E-state index contributed by atoms with van der Waals surface area (Å²) in [5, 5.41) is 2.73. The molecule has 1 N–H and O–H groups in total. The minimum Gasteiger partial charge on any atom is -0.322 e. The van der Waals surface area contributed by atoms with E-state index in [2.05, 4.69) is 42.6 Å². The number of fused-ring (bicyclic) bond motifs is 1. The van der Waals surface area contributed by atoms with Crippen LogP contribution in [-0.2, 0) is 11.2 Å². The monoisotopic (exact) mass is 335 g/mol. The maximum Gasteiger partial charge on any atom is 0.247 e. The third-order valence-corrected chi connectivity index (χ3v) is 3.63. The van der Waals surface area contributed by atoms with Crippen molar-refractivity contribution < 1.29 is 4.79 Å². The van der Waals surface area contributed by atoms with Gasteiger partial charge < -0.3 is 5.32 Å². The fourth-order valence-corrected chi connectivity index (χ4v) is 2.61. The Kier molecular flexibility index (Phi) is 4.35. The molecule has 6 nitrogen and oxygen atoms in total. The maximum absolute atomic E-state index is 11.4. The van der Waals surface area contributed by atoms with E-state index in [0.29, 0.717) is 5.69 Å². The number of rotatable bonds is 4. The topological polar surface area (TPSA) is 72.7 Å². The Morgan fingerprint density at radius 3 is 2.84 bits per heavy atom. The predicted molar refractivity (Wildman–Crippen MR) is 98.6 cm³/mol. The number of carbonyl (C=O) groups excluding carboxylic acids is 1. The van der Waals surface area contributed by atoms with Gasteiger partial charge in [0, 0.05) is 11.9 Å². The molecule has 3 aromatic rings. The van der Waals surface area contributed by atoms with E-state index >= 15 is 0 Å². The predicted octanol–water partition coefficient (Wildman–Crippen LogP) is 3.53. The average molecular weight is 335 g/mol. The van der Waals surface area contributed by atoms with Gasteiger partial charge in [0.25, 0.3) is 0 Å². The minimum atomic E-state index is -0.250. The Morgan fingerprint density at radius 2 is 2.12 bits per heavy atom. The van der Waals surface area contributed by atoms with E-state index in [9.17, 15) is 4.79 Å². The largest absolute Gasteiger partial charge is 0.322 e. The second kappa shape index (κ2) is 6.47. The number of amides is 1. The van der Waals surface area contributed by atoms with Crippen molar-refractivity contribution in [2.75, 3.05) is 5.32 Å². The van der Waals surface area contributed by atoms with E-state index in [0.717, 1.165) is 29.0 Å². The highest BCUT2D eigenvalue weighted by atomic mass is 16.1. The van der Waals surface area contributed by atoms with E-state index in [-0.39, 0.29) is 11.3 Å². The standard InChI is InChI=1S/C19H21N5O/c1-5-18(25)23-13-6-7-16-15(8-13)21-12-24(16)17-11-20-10-14(22-17)9-19(2,3)4/h5-8,10-12H,1,9H2,2-4H3,(H,23,25). The van der Waals surface area contributed by atoms with Crippen LogP contribution in [0.15, 0.2) is 49.6 Å². The molecule has 0 aliphatic heterocycles. The van der Waals surface area contributed by atoms with E-state index in [1.54, 1.807) is 18.7 Å². The smallest absolute Gasteiger partial charge is 0.247 e. The summed E-state index contributed by atoms with van der Waals surface area (Å²) in [6, 6.07) is 5.55. The molecule has 1 aromatic carbocycles.